The SMILES string of the molecule is CC(Sc1nc2ccccc2n1C)c1c(F)cccc1F. The minimum atomic E-state index is -0.520. The zero-order valence-electron chi connectivity index (χ0n) is 11.7. The second-order valence-electron chi connectivity index (χ2n) is 4.84. The molecular formula is C16H14F2N2S. The lowest BCUT2D eigenvalue weighted by atomic mass is 10.1. The maximum atomic E-state index is 13.8. The quantitative estimate of drug-likeness (QED) is 0.652. The number of aromatic nitrogens is 2. The van der Waals surface area contributed by atoms with Crippen molar-refractivity contribution in [2.24, 2.45) is 7.05 Å². The minimum absolute atomic E-state index is 0.0922. The van der Waals surface area contributed by atoms with Gasteiger partial charge in [-0.05, 0) is 31.2 Å². The minimum Gasteiger partial charge on any atom is -0.322 e. The third-order valence-electron chi connectivity index (χ3n) is 3.43. The van der Waals surface area contributed by atoms with Gasteiger partial charge in [-0.3, -0.25) is 0 Å². The molecule has 0 fully saturated rings. The Morgan fingerprint density at radius 2 is 1.71 bits per heavy atom. The van der Waals surface area contributed by atoms with Crippen molar-refractivity contribution in [2.75, 3.05) is 0 Å². The first-order valence-electron chi connectivity index (χ1n) is 6.60. The van der Waals surface area contributed by atoms with Crippen LogP contribution in [0.4, 0.5) is 8.78 Å². The normalized spacial score (nSPS) is 12.8. The smallest absolute Gasteiger partial charge is 0.169 e. The third kappa shape index (κ3) is 2.53. The number of fused-ring (bicyclic) bond motifs is 1. The summed E-state index contributed by atoms with van der Waals surface area (Å²) in [4.78, 5) is 4.52. The van der Waals surface area contributed by atoms with E-state index in [2.05, 4.69) is 4.98 Å². The fourth-order valence-electron chi connectivity index (χ4n) is 2.34. The van der Waals surface area contributed by atoms with Crippen LogP contribution in [0.5, 0.6) is 0 Å². The Kier molecular flexibility index (Phi) is 3.68. The standard InChI is InChI=1S/C16H14F2N2S/c1-10(15-11(17)6-5-7-12(15)18)21-16-19-13-8-3-4-9-14(13)20(16)2/h3-10H,1-2H3. The van der Waals surface area contributed by atoms with Crippen molar-refractivity contribution in [1.29, 1.82) is 0 Å². The molecule has 1 heterocycles. The number of halogens is 2. The van der Waals surface area contributed by atoms with Gasteiger partial charge in [0.1, 0.15) is 11.6 Å². The highest BCUT2D eigenvalue weighted by Crippen LogP contribution is 2.37. The summed E-state index contributed by atoms with van der Waals surface area (Å²) in [7, 11) is 1.90. The molecule has 1 aromatic heterocycles. The Morgan fingerprint density at radius 3 is 2.38 bits per heavy atom. The molecule has 1 atom stereocenters. The Hall–Kier alpha value is -1.88. The molecule has 0 aliphatic rings. The second-order valence-corrected chi connectivity index (χ2v) is 6.15. The molecule has 0 N–H and O–H groups in total. The summed E-state index contributed by atoms with van der Waals surface area (Å²) in [6, 6.07) is 11.7. The van der Waals surface area contributed by atoms with Crippen molar-refractivity contribution < 1.29 is 8.78 Å². The Bertz CT molecular complexity index is 778. The van der Waals surface area contributed by atoms with E-state index in [0.717, 1.165) is 16.2 Å². The van der Waals surface area contributed by atoms with E-state index in [-0.39, 0.29) is 10.8 Å². The lowest BCUT2D eigenvalue weighted by Gasteiger charge is -2.13. The Morgan fingerprint density at radius 1 is 1.05 bits per heavy atom. The van der Waals surface area contributed by atoms with E-state index in [1.165, 1.54) is 30.0 Å². The Balaban J connectivity index is 1.97. The molecule has 2 nitrogen and oxygen atoms in total. The molecule has 0 saturated heterocycles. The van der Waals surface area contributed by atoms with Crippen molar-refractivity contribution >= 4 is 22.8 Å². The summed E-state index contributed by atoms with van der Waals surface area (Å²) in [5.41, 5.74) is 1.97. The molecule has 2 aromatic carbocycles. The highest BCUT2D eigenvalue weighted by molar-refractivity contribution is 7.99. The third-order valence-corrected chi connectivity index (χ3v) is 4.60. The average Bonchev–Trinajstić information content (AvgIpc) is 2.76. The van der Waals surface area contributed by atoms with E-state index in [1.807, 2.05) is 35.9 Å². The molecule has 0 saturated carbocycles. The molecule has 108 valence electrons. The monoisotopic (exact) mass is 304 g/mol. The summed E-state index contributed by atoms with van der Waals surface area (Å²) in [6.45, 7) is 1.78. The van der Waals surface area contributed by atoms with Gasteiger partial charge in [-0.1, -0.05) is 30.0 Å². The van der Waals surface area contributed by atoms with Gasteiger partial charge in [0.15, 0.2) is 5.16 Å². The van der Waals surface area contributed by atoms with Gasteiger partial charge in [0.05, 0.1) is 11.0 Å². The zero-order valence-corrected chi connectivity index (χ0v) is 12.5. The number of para-hydroxylation sites is 2. The average molecular weight is 304 g/mol. The van der Waals surface area contributed by atoms with Gasteiger partial charge in [0.25, 0.3) is 0 Å². The van der Waals surface area contributed by atoms with Gasteiger partial charge >= 0.3 is 0 Å². The highest BCUT2D eigenvalue weighted by Gasteiger charge is 2.19. The van der Waals surface area contributed by atoms with Crippen molar-refractivity contribution in [3.05, 3.63) is 59.7 Å². The van der Waals surface area contributed by atoms with Gasteiger partial charge in [-0.25, -0.2) is 13.8 Å². The predicted octanol–water partition coefficient (Wildman–Crippen LogP) is 4.70. The molecule has 0 radical (unpaired) electrons. The van der Waals surface area contributed by atoms with E-state index in [4.69, 9.17) is 0 Å². The molecule has 5 heteroatoms. The molecule has 0 spiro atoms. The topological polar surface area (TPSA) is 17.8 Å². The summed E-state index contributed by atoms with van der Waals surface area (Å²) in [5, 5.41) is 0.382. The number of thioether (sulfide) groups is 1. The van der Waals surface area contributed by atoms with E-state index >= 15 is 0 Å². The van der Waals surface area contributed by atoms with E-state index in [9.17, 15) is 8.78 Å². The summed E-state index contributed by atoms with van der Waals surface area (Å²) >= 11 is 1.35. The highest BCUT2D eigenvalue weighted by atomic mass is 32.2. The first kappa shape index (κ1) is 14.1. The van der Waals surface area contributed by atoms with Crippen LogP contribution in [0.3, 0.4) is 0 Å². The van der Waals surface area contributed by atoms with Crippen LogP contribution >= 0.6 is 11.8 Å². The predicted molar refractivity (Wildman–Crippen MR) is 81.3 cm³/mol. The van der Waals surface area contributed by atoms with Crippen molar-refractivity contribution in [1.82, 2.24) is 9.55 Å². The molecule has 1 unspecified atom stereocenters. The van der Waals surface area contributed by atoms with Crippen LogP contribution in [-0.2, 0) is 7.05 Å². The van der Waals surface area contributed by atoms with Crippen LogP contribution in [0.2, 0.25) is 0 Å². The number of rotatable bonds is 3. The van der Waals surface area contributed by atoms with Gasteiger partial charge in [-0.15, -0.1) is 0 Å². The van der Waals surface area contributed by atoms with Gasteiger partial charge < -0.3 is 4.57 Å². The number of imidazole rings is 1. The van der Waals surface area contributed by atoms with Crippen molar-refractivity contribution in [3.63, 3.8) is 0 Å². The zero-order chi connectivity index (χ0) is 15.0. The summed E-state index contributed by atoms with van der Waals surface area (Å²) in [6.07, 6.45) is 0. The maximum Gasteiger partial charge on any atom is 0.169 e. The lowest BCUT2D eigenvalue weighted by Crippen LogP contribution is -2.00. The van der Waals surface area contributed by atoms with Gasteiger partial charge in [0.2, 0.25) is 0 Å². The van der Waals surface area contributed by atoms with Crippen LogP contribution in [0, 0.1) is 11.6 Å². The molecule has 0 bridgehead atoms. The van der Waals surface area contributed by atoms with E-state index in [0.29, 0.717) is 0 Å². The largest absolute Gasteiger partial charge is 0.322 e. The summed E-state index contributed by atoms with van der Waals surface area (Å²) < 4.78 is 29.6. The Labute approximate surface area is 125 Å². The van der Waals surface area contributed by atoms with Crippen LogP contribution in [-0.4, -0.2) is 9.55 Å². The van der Waals surface area contributed by atoms with E-state index < -0.39 is 11.6 Å². The fraction of sp³-hybridized carbons (Fsp3) is 0.188. The molecular weight excluding hydrogens is 290 g/mol. The molecule has 3 rings (SSSR count). The number of hydrogen-bond donors (Lipinski definition) is 0. The number of hydrogen-bond acceptors (Lipinski definition) is 2. The van der Waals surface area contributed by atoms with Crippen molar-refractivity contribution in [3.8, 4) is 0 Å². The molecule has 0 aliphatic carbocycles. The molecule has 3 aromatic rings. The fourth-order valence-corrected chi connectivity index (χ4v) is 3.41. The molecule has 0 amide bonds. The number of aryl methyl sites for hydroxylation is 1. The number of nitrogens with zero attached hydrogens (tertiary/aromatic N) is 2. The maximum absolute atomic E-state index is 13.8. The number of benzene rings is 2. The van der Waals surface area contributed by atoms with Crippen molar-refractivity contribution in [2.45, 2.75) is 17.3 Å². The lowest BCUT2D eigenvalue weighted by molar-refractivity contribution is 0.557. The van der Waals surface area contributed by atoms with Crippen LogP contribution in [0.15, 0.2) is 47.6 Å². The van der Waals surface area contributed by atoms with Crippen LogP contribution < -0.4 is 0 Å². The van der Waals surface area contributed by atoms with Gasteiger partial charge in [0, 0.05) is 17.9 Å². The van der Waals surface area contributed by atoms with Crippen LogP contribution in [0.25, 0.3) is 11.0 Å². The first-order valence-corrected chi connectivity index (χ1v) is 7.48. The summed E-state index contributed by atoms with van der Waals surface area (Å²) in [5.74, 6) is -1.04. The van der Waals surface area contributed by atoms with E-state index in [1.54, 1.807) is 6.92 Å². The second kappa shape index (κ2) is 5.48. The first-order chi connectivity index (χ1) is 10.1. The molecule has 21 heavy (non-hydrogen) atoms. The molecule has 0 aliphatic heterocycles. The van der Waals surface area contributed by atoms with Crippen LogP contribution in [0.1, 0.15) is 17.7 Å². The van der Waals surface area contributed by atoms with Gasteiger partial charge in [-0.2, -0.15) is 0 Å².